The third-order valence-electron chi connectivity index (χ3n) is 4.57. The maximum absolute atomic E-state index is 13.9. The Morgan fingerprint density at radius 1 is 0.897 bits per heavy atom. The number of carbonyl (C=O) groups excluding carboxylic acids is 1. The maximum atomic E-state index is 13.9. The molecule has 144 valence electrons. The molecule has 4 rings (SSSR count). The van der Waals surface area contributed by atoms with Crippen LogP contribution in [0.15, 0.2) is 60.7 Å². The average molecular weight is 390 g/mol. The number of carboxylic acid groups (broad SMARTS) is 1. The van der Waals surface area contributed by atoms with E-state index < -0.39 is 23.9 Å². The van der Waals surface area contributed by atoms with E-state index in [9.17, 15) is 19.1 Å². The fraction of sp³-hybridized carbons (Fsp3) is 0.0909. The Balaban J connectivity index is 1.77. The number of aromatic carboxylic acids is 1. The second-order valence-electron chi connectivity index (χ2n) is 6.44. The van der Waals surface area contributed by atoms with Gasteiger partial charge in [0.2, 0.25) is 0 Å². The van der Waals surface area contributed by atoms with Gasteiger partial charge in [0, 0.05) is 5.56 Å². The van der Waals surface area contributed by atoms with Gasteiger partial charge in [0.05, 0.1) is 27.7 Å². The summed E-state index contributed by atoms with van der Waals surface area (Å²) in [5, 5.41) is 9.37. The Bertz CT molecular complexity index is 1270. The number of hydrogen-bond donors (Lipinski definition) is 1. The van der Waals surface area contributed by atoms with E-state index in [-0.39, 0.29) is 16.6 Å². The lowest BCUT2D eigenvalue weighted by Crippen LogP contribution is -2.11. The van der Waals surface area contributed by atoms with Crippen molar-refractivity contribution in [1.29, 1.82) is 0 Å². The number of aromatic nitrogens is 2. The Kier molecular flexibility index (Phi) is 4.64. The highest BCUT2D eigenvalue weighted by Gasteiger charge is 2.20. The van der Waals surface area contributed by atoms with Crippen LogP contribution in [0.4, 0.5) is 4.39 Å². The van der Waals surface area contributed by atoms with E-state index in [4.69, 9.17) is 4.74 Å². The number of halogens is 1. The fourth-order valence-electron chi connectivity index (χ4n) is 3.16. The van der Waals surface area contributed by atoms with Crippen LogP contribution in [-0.4, -0.2) is 27.0 Å². The molecule has 0 saturated carbocycles. The molecule has 0 spiro atoms. The summed E-state index contributed by atoms with van der Waals surface area (Å²) in [7, 11) is 0. The summed E-state index contributed by atoms with van der Waals surface area (Å²) in [5.41, 5.74) is 2.14. The zero-order chi connectivity index (χ0) is 20.5. The molecular weight excluding hydrogens is 375 g/mol. The number of carboxylic acids is 1. The predicted octanol–water partition coefficient (Wildman–Crippen LogP) is 4.54. The Labute approximate surface area is 164 Å². The number of benzene rings is 3. The molecule has 1 aromatic heterocycles. The summed E-state index contributed by atoms with van der Waals surface area (Å²) < 4.78 is 19.3. The molecule has 29 heavy (non-hydrogen) atoms. The van der Waals surface area contributed by atoms with Gasteiger partial charge in [-0.3, -0.25) is 0 Å². The molecule has 6 nitrogen and oxygen atoms in total. The number of hydrogen-bond acceptors (Lipinski definition) is 5. The Morgan fingerprint density at radius 3 is 2.24 bits per heavy atom. The lowest BCUT2D eigenvalue weighted by atomic mass is 10.1. The minimum Gasteiger partial charge on any atom is -0.478 e. The summed E-state index contributed by atoms with van der Waals surface area (Å²) in [6.07, 6.45) is -0.722. The molecule has 0 amide bonds. The predicted molar refractivity (Wildman–Crippen MR) is 104 cm³/mol. The number of rotatable bonds is 4. The molecule has 1 unspecified atom stereocenters. The minimum absolute atomic E-state index is 0.0568. The van der Waals surface area contributed by atoms with Crippen molar-refractivity contribution in [3.05, 3.63) is 83.2 Å². The van der Waals surface area contributed by atoms with Crippen LogP contribution in [0.3, 0.4) is 0 Å². The molecule has 0 aliphatic carbocycles. The normalized spacial score (nSPS) is 12.1. The number of ether oxygens (including phenoxy) is 1. The van der Waals surface area contributed by atoms with E-state index >= 15 is 0 Å². The Morgan fingerprint density at radius 2 is 1.52 bits per heavy atom. The zero-order valence-electron chi connectivity index (χ0n) is 15.3. The van der Waals surface area contributed by atoms with Crippen molar-refractivity contribution in [3.8, 4) is 0 Å². The van der Waals surface area contributed by atoms with Crippen molar-refractivity contribution in [2.24, 2.45) is 0 Å². The topological polar surface area (TPSA) is 89.4 Å². The fourth-order valence-corrected chi connectivity index (χ4v) is 3.16. The molecule has 0 bridgehead atoms. The van der Waals surface area contributed by atoms with Crippen LogP contribution in [0.25, 0.3) is 22.1 Å². The van der Waals surface area contributed by atoms with Crippen LogP contribution < -0.4 is 0 Å². The molecule has 1 heterocycles. The van der Waals surface area contributed by atoms with Crippen molar-refractivity contribution in [1.82, 2.24) is 9.97 Å². The van der Waals surface area contributed by atoms with Crippen LogP contribution in [0.1, 0.15) is 39.3 Å². The number of esters is 1. The standard InChI is InChI=1S/C22H15FN2O4/c1-12(29-22(28)14-6-2-3-9-16(14)23)13-7-4-10-17-19(13)24-18-11-5-8-15(21(26)27)20(18)25-17/h2-12H,1H3,(H,26,27). The second kappa shape index (κ2) is 7.27. The first-order valence-corrected chi connectivity index (χ1v) is 8.84. The summed E-state index contributed by atoms with van der Waals surface area (Å²) in [6, 6.07) is 15.5. The summed E-state index contributed by atoms with van der Waals surface area (Å²) in [5.74, 6) is -2.53. The highest BCUT2D eigenvalue weighted by Crippen LogP contribution is 2.28. The minimum atomic E-state index is -1.09. The first-order valence-electron chi connectivity index (χ1n) is 8.84. The molecule has 7 heteroatoms. The molecule has 0 fully saturated rings. The van der Waals surface area contributed by atoms with E-state index in [1.165, 1.54) is 24.3 Å². The van der Waals surface area contributed by atoms with Gasteiger partial charge in [0.25, 0.3) is 0 Å². The average Bonchev–Trinajstić information content (AvgIpc) is 2.71. The van der Waals surface area contributed by atoms with E-state index in [1.807, 2.05) is 0 Å². The number of nitrogens with zero attached hydrogens (tertiary/aromatic N) is 2. The number of para-hydroxylation sites is 2. The summed E-state index contributed by atoms with van der Waals surface area (Å²) in [6.45, 7) is 1.66. The first kappa shape index (κ1) is 18.5. The third-order valence-corrected chi connectivity index (χ3v) is 4.57. The monoisotopic (exact) mass is 390 g/mol. The van der Waals surface area contributed by atoms with E-state index in [0.717, 1.165) is 0 Å². The largest absolute Gasteiger partial charge is 0.478 e. The van der Waals surface area contributed by atoms with Crippen LogP contribution in [0.5, 0.6) is 0 Å². The number of fused-ring (bicyclic) bond motifs is 2. The van der Waals surface area contributed by atoms with Crippen LogP contribution >= 0.6 is 0 Å². The van der Waals surface area contributed by atoms with Crippen molar-refractivity contribution in [2.75, 3.05) is 0 Å². The van der Waals surface area contributed by atoms with Gasteiger partial charge in [-0.05, 0) is 37.3 Å². The van der Waals surface area contributed by atoms with E-state index in [1.54, 1.807) is 43.3 Å². The molecule has 1 atom stereocenters. The van der Waals surface area contributed by atoms with Crippen molar-refractivity contribution < 1.29 is 23.8 Å². The SMILES string of the molecule is CC(OC(=O)c1ccccc1F)c1cccc2nc3c(C(=O)O)cccc3nc12. The van der Waals surface area contributed by atoms with Gasteiger partial charge in [0.1, 0.15) is 17.4 Å². The van der Waals surface area contributed by atoms with Crippen molar-refractivity contribution in [2.45, 2.75) is 13.0 Å². The number of carbonyl (C=O) groups is 2. The van der Waals surface area contributed by atoms with Crippen LogP contribution in [0.2, 0.25) is 0 Å². The van der Waals surface area contributed by atoms with Crippen molar-refractivity contribution in [3.63, 3.8) is 0 Å². The molecule has 0 aliphatic heterocycles. The van der Waals surface area contributed by atoms with Gasteiger partial charge < -0.3 is 9.84 Å². The Hall–Kier alpha value is -3.87. The van der Waals surface area contributed by atoms with Gasteiger partial charge >= 0.3 is 11.9 Å². The highest BCUT2D eigenvalue weighted by atomic mass is 19.1. The highest BCUT2D eigenvalue weighted by molar-refractivity contribution is 6.02. The molecule has 0 aliphatic rings. The smallest absolute Gasteiger partial charge is 0.341 e. The zero-order valence-corrected chi connectivity index (χ0v) is 15.3. The van der Waals surface area contributed by atoms with Crippen molar-refractivity contribution >= 4 is 34.0 Å². The summed E-state index contributed by atoms with van der Waals surface area (Å²) >= 11 is 0. The van der Waals surface area contributed by atoms with Gasteiger partial charge in [-0.2, -0.15) is 0 Å². The molecular formula is C22H15FN2O4. The maximum Gasteiger partial charge on any atom is 0.341 e. The van der Waals surface area contributed by atoms with Gasteiger partial charge in [-0.15, -0.1) is 0 Å². The van der Waals surface area contributed by atoms with Crippen LogP contribution in [-0.2, 0) is 4.74 Å². The van der Waals surface area contributed by atoms with Gasteiger partial charge in [-0.1, -0.05) is 30.3 Å². The molecule has 3 aromatic carbocycles. The van der Waals surface area contributed by atoms with Gasteiger partial charge in [0.15, 0.2) is 0 Å². The van der Waals surface area contributed by atoms with Crippen LogP contribution in [0, 0.1) is 5.82 Å². The lowest BCUT2D eigenvalue weighted by molar-refractivity contribution is 0.0335. The van der Waals surface area contributed by atoms with E-state index in [2.05, 4.69) is 9.97 Å². The third kappa shape index (κ3) is 3.38. The van der Waals surface area contributed by atoms with Gasteiger partial charge in [-0.25, -0.2) is 23.9 Å². The molecule has 0 saturated heterocycles. The summed E-state index contributed by atoms with van der Waals surface area (Å²) in [4.78, 5) is 32.8. The molecule has 0 radical (unpaired) electrons. The molecule has 1 N–H and O–H groups in total. The quantitative estimate of drug-likeness (QED) is 0.407. The first-order chi connectivity index (χ1) is 14.0. The molecule has 4 aromatic rings. The van der Waals surface area contributed by atoms with E-state index in [0.29, 0.717) is 22.1 Å². The second-order valence-corrected chi connectivity index (χ2v) is 6.44. The lowest BCUT2D eigenvalue weighted by Gasteiger charge is -2.16.